The maximum absolute atomic E-state index is 12.7. The fraction of sp³-hybridized carbons (Fsp3) is 0.429. The number of hydrogen-bond donors (Lipinski definition) is 1. The van der Waals surface area contributed by atoms with Crippen LogP contribution in [0.2, 0.25) is 0 Å². The molecule has 5 nitrogen and oxygen atoms in total. The quantitative estimate of drug-likeness (QED) is 0.254. The third kappa shape index (κ3) is 8.82. The molecule has 0 radical (unpaired) electrons. The second-order valence-electron chi connectivity index (χ2n) is 8.86. The van der Waals surface area contributed by atoms with Gasteiger partial charge in [0.05, 0.1) is 12.7 Å². The molecule has 2 aromatic rings. The zero-order valence-electron chi connectivity index (χ0n) is 21.0. The first-order chi connectivity index (χ1) is 16.2. The van der Waals surface area contributed by atoms with Crippen molar-refractivity contribution in [1.82, 2.24) is 5.32 Å². The number of alkyl carbamates (subject to hydrolysis) is 1. The van der Waals surface area contributed by atoms with Gasteiger partial charge in [0.2, 0.25) is 0 Å². The summed E-state index contributed by atoms with van der Waals surface area (Å²) in [5, 5.41) is 2.48. The van der Waals surface area contributed by atoms with Crippen LogP contribution in [-0.4, -0.2) is 13.2 Å². The van der Waals surface area contributed by atoms with E-state index in [1.54, 1.807) is 6.20 Å². The number of unbranched alkanes of at least 4 members (excludes halogenated alkanes) is 1. The van der Waals surface area contributed by atoms with Crippen LogP contribution in [0.3, 0.4) is 0 Å². The molecule has 1 amide bonds. The number of aryl methyl sites for hydroxylation is 3. The highest BCUT2D eigenvalue weighted by Gasteiger charge is 2.13. The molecule has 2 aromatic heterocycles. The molecule has 0 aromatic carbocycles. The normalized spacial score (nSPS) is 11.9. The Morgan fingerprint density at radius 3 is 2.71 bits per heavy atom. The van der Waals surface area contributed by atoms with E-state index in [-0.39, 0.29) is 7.05 Å². The molecule has 0 saturated heterocycles. The number of rotatable bonds is 12. The Balaban J connectivity index is 0.00000612. The molecule has 0 bridgehead atoms. The second kappa shape index (κ2) is 13.8. The molecule has 2 rings (SSSR count). The summed E-state index contributed by atoms with van der Waals surface area (Å²) in [6.45, 7) is 12.6. The molecule has 2 heterocycles. The summed E-state index contributed by atoms with van der Waals surface area (Å²) < 4.78 is 10.1. The molecule has 186 valence electrons. The minimum atomic E-state index is -0.500. The van der Waals surface area contributed by atoms with E-state index in [1.165, 1.54) is 23.3 Å². The molecule has 0 unspecified atom stereocenters. The number of carbonyl (C=O) groups excluding carboxylic acids is 1. The zero-order chi connectivity index (χ0) is 25.1. The number of ether oxygens (including phenoxy) is 1. The standard InChI is InChI=1S/C28H37NO4S.H2/c1-19(2)11-13-24-15-16-25(34-24)14-12-20(3)22(5)26-21(4)18-23(33-27(26)30)10-8-7-9-17-29-28(31)32-6;/h9,12,15-19H,5,7-8,10-11,13-14H2,1-4,6H3,(H,29,31);1H/b17-9+,20-12+;. The van der Waals surface area contributed by atoms with Crippen molar-refractivity contribution < 1.29 is 15.4 Å². The van der Waals surface area contributed by atoms with Gasteiger partial charge in [-0.1, -0.05) is 32.6 Å². The number of hydrogen-bond acceptors (Lipinski definition) is 5. The first kappa shape index (κ1) is 27.4. The lowest BCUT2D eigenvalue weighted by molar-refractivity contribution is 0.175. The second-order valence-corrected chi connectivity index (χ2v) is 10.1. The van der Waals surface area contributed by atoms with Crippen molar-refractivity contribution in [2.75, 3.05) is 7.11 Å². The predicted octanol–water partition coefficient (Wildman–Crippen LogP) is 7.24. The maximum atomic E-state index is 12.7. The smallest absolute Gasteiger partial charge is 0.410 e. The first-order valence-electron chi connectivity index (χ1n) is 11.8. The molecule has 0 aliphatic heterocycles. The molecule has 1 N–H and O–H groups in total. The summed E-state index contributed by atoms with van der Waals surface area (Å²) in [4.78, 5) is 26.5. The predicted molar refractivity (Wildman–Crippen MR) is 143 cm³/mol. The van der Waals surface area contributed by atoms with Crippen LogP contribution >= 0.6 is 11.3 Å². The van der Waals surface area contributed by atoms with Gasteiger partial charge in [0.25, 0.3) is 0 Å². The summed E-state index contributed by atoms with van der Waals surface area (Å²) in [6.07, 6.45) is 10.4. The van der Waals surface area contributed by atoms with Crippen LogP contribution in [0.5, 0.6) is 0 Å². The fourth-order valence-electron chi connectivity index (χ4n) is 3.49. The van der Waals surface area contributed by atoms with E-state index in [4.69, 9.17) is 4.42 Å². The van der Waals surface area contributed by atoms with Crippen molar-refractivity contribution in [3.8, 4) is 0 Å². The van der Waals surface area contributed by atoms with Gasteiger partial charge in [-0.05, 0) is 80.4 Å². The first-order valence-corrected chi connectivity index (χ1v) is 12.6. The summed E-state index contributed by atoms with van der Waals surface area (Å²) in [6, 6.07) is 6.34. The van der Waals surface area contributed by atoms with Gasteiger partial charge in [0.15, 0.2) is 0 Å². The average molecular weight is 486 g/mol. The molecule has 0 aliphatic carbocycles. The molecule has 0 aliphatic rings. The van der Waals surface area contributed by atoms with Crippen molar-refractivity contribution in [3.63, 3.8) is 0 Å². The van der Waals surface area contributed by atoms with Gasteiger partial charge in [-0.15, -0.1) is 11.3 Å². The van der Waals surface area contributed by atoms with Crippen molar-refractivity contribution in [2.45, 2.75) is 66.2 Å². The van der Waals surface area contributed by atoms with Gasteiger partial charge >= 0.3 is 11.7 Å². The number of methoxy groups -OCH3 is 1. The van der Waals surface area contributed by atoms with Gasteiger partial charge < -0.3 is 9.15 Å². The van der Waals surface area contributed by atoms with E-state index in [9.17, 15) is 9.59 Å². The Bertz CT molecular complexity index is 1090. The van der Waals surface area contributed by atoms with Gasteiger partial charge in [-0.3, -0.25) is 5.32 Å². The van der Waals surface area contributed by atoms with Crippen molar-refractivity contribution in [3.05, 3.63) is 85.8 Å². The lowest BCUT2D eigenvalue weighted by atomic mass is 9.97. The molecule has 0 fully saturated rings. The van der Waals surface area contributed by atoms with Gasteiger partial charge in [-0.2, -0.15) is 0 Å². The van der Waals surface area contributed by atoms with E-state index < -0.39 is 6.09 Å². The van der Waals surface area contributed by atoms with E-state index in [0.29, 0.717) is 29.2 Å². The SMILES string of the molecule is C=C(/C(C)=C/Cc1ccc(CCC(C)C)s1)c1c(C)cc(CCC/C=C/NC(=O)OC)oc1=O.[HH]. The monoisotopic (exact) mass is 485 g/mol. The lowest BCUT2D eigenvalue weighted by Gasteiger charge is -2.10. The van der Waals surface area contributed by atoms with Crippen LogP contribution < -0.4 is 10.9 Å². The summed E-state index contributed by atoms with van der Waals surface area (Å²) in [7, 11) is 1.32. The van der Waals surface area contributed by atoms with Crippen LogP contribution in [0.15, 0.2) is 57.9 Å². The summed E-state index contributed by atoms with van der Waals surface area (Å²) >= 11 is 1.86. The Morgan fingerprint density at radius 1 is 1.29 bits per heavy atom. The number of allylic oxidation sites excluding steroid dienone is 4. The fourth-order valence-corrected chi connectivity index (χ4v) is 4.49. The highest BCUT2D eigenvalue weighted by Crippen LogP contribution is 2.25. The topological polar surface area (TPSA) is 68.5 Å². The highest BCUT2D eigenvalue weighted by molar-refractivity contribution is 7.12. The summed E-state index contributed by atoms with van der Waals surface area (Å²) in [5.41, 5.74) is 2.78. The van der Waals surface area contributed by atoms with Crippen molar-refractivity contribution in [2.24, 2.45) is 5.92 Å². The molecule has 0 spiro atoms. The third-order valence-corrected chi connectivity index (χ3v) is 6.74. The Morgan fingerprint density at radius 2 is 2.03 bits per heavy atom. The average Bonchev–Trinajstić information content (AvgIpc) is 3.25. The van der Waals surface area contributed by atoms with E-state index in [2.05, 4.69) is 48.7 Å². The molecule has 0 atom stereocenters. The van der Waals surface area contributed by atoms with Crippen LogP contribution in [0, 0.1) is 12.8 Å². The lowest BCUT2D eigenvalue weighted by Crippen LogP contribution is -2.15. The van der Waals surface area contributed by atoms with Crippen LogP contribution in [0.25, 0.3) is 5.57 Å². The largest absolute Gasteiger partial charge is 0.453 e. The van der Waals surface area contributed by atoms with E-state index >= 15 is 0 Å². The van der Waals surface area contributed by atoms with Gasteiger partial charge in [0.1, 0.15) is 5.76 Å². The van der Waals surface area contributed by atoms with Crippen molar-refractivity contribution >= 4 is 23.0 Å². The number of amides is 1. The Hall–Kier alpha value is -2.86. The number of nitrogens with one attached hydrogen (secondary N) is 1. The van der Waals surface area contributed by atoms with Crippen molar-refractivity contribution in [1.29, 1.82) is 0 Å². The Labute approximate surface area is 208 Å². The van der Waals surface area contributed by atoms with Gasteiger partial charge in [0, 0.05) is 30.2 Å². The van der Waals surface area contributed by atoms with Crippen LogP contribution in [0.1, 0.15) is 68.1 Å². The highest BCUT2D eigenvalue weighted by atomic mass is 32.1. The molecular formula is C28H39NO4S. The third-order valence-electron chi connectivity index (χ3n) is 5.57. The molecule has 0 saturated carbocycles. The van der Waals surface area contributed by atoms with Crippen LogP contribution in [-0.2, 0) is 24.0 Å². The van der Waals surface area contributed by atoms with Crippen LogP contribution in [0.4, 0.5) is 4.79 Å². The number of carbonyl (C=O) groups is 1. The minimum absolute atomic E-state index is 0. The zero-order valence-corrected chi connectivity index (χ0v) is 21.8. The molecular weight excluding hydrogens is 446 g/mol. The molecule has 6 heteroatoms. The number of thiophene rings is 1. The Kier molecular flexibility index (Phi) is 11.1. The minimum Gasteiger partial charge on any atom is -0.453 e. The molecule has 34 heavy (non-hydrogen) atoms. The van der Waals surface area contributed by atoms with Gasteiger partial charge in [-0.25, -0.2) is 9.59 Å². The van der Waals surface area contributed by atoms with E-state index in [1.807, 2.05) is 37.3 Å². The summed E-state index contributed by atoms with van der Waals surface area (Å²) in [5.74, 6) is 1.37. The maximum Gasteiger partial charge on any atom is 0.410 e. The van der Waals surface area contributed by atoms with E-state index in [0.717, 1.165) is 36.8 Å².